The third kappa shape index (κ3) is 6.81. The molecule has 0 aliphatic rings. The maximum atomic E-state index is 5.09. The van der Waals surface area contributed by atoms with E-state index >= 15 is 0 Å². The van der Waals surface area contributed by atoms with Crippen LogP contribution in [0.25, 0.3) is 10.2 Å². The average Bonchev–Trinajstić information content (AvgIpc) is 3.10. The normalized spacial score (nSPS) is 12.0. The Morgan fingerprint density at radius 2 is 1.74 bits per heavy atom. The van der Waals surface area contributed by atoms with Gasteiger partial charge in [-0.1, -0.05) is 12.1 Å². The summed E-state index contributed by atoms with van der Waals surface area (Å²) in [6.07, 6.45) is 2.51. The van der Waals surface area contributed by atoms with Gasteiger partial charge in [0.25, 0.3) is 0 Å². The summed E-state index contributed by atoms with van der Waals surface area (Å²) in [5.41, 5.74) is 8.20. The number of fused-ring (bicyclic) bond motifs is 1. The maximum absolute atomic E-state index is 5.09. The molecule has 0 saturated heterocycles. The molecule has 4 N–H and O–H groups in total. The van der Waals surface area contributed by atoms with Crippen LogP contribution in [0.15, 0.2) is 34.5 Å². The van der Waals surface area contributed by atoms with Crippen LogP contribution in [-0.2, 0) is 6.42 Å². The second-order valence-electron chi connectivity index (χ2n) is 5.57. The maximum Gasteiger partial charge on any atom is 0.186 e. The van der Waals surface area contributed by atoms with Gasteiger partial charge in [-0.3, -0.25) is 10.9 Å². The fraction of sp³-hybridized carbons (Fsp3) is 0.353. The molecule has 0 unspecified atom stereocenters. The van der Waals surface area contributed by atoms with Crippen LogP contribution in [0.1, 0.15) is 24.8 Å². The monoisotopic (exact) mass is 421 g/mol. The first-order valence-electron chi connectivity index (χ1n) is 8.44. The van der Waals surface area contributed by atoms with Crippen molar-refractivity contribution in [3.63, 3.8) is 0 Å². The smallest absolute Gasteiger partial charge is 0.186 e. The van der Waals surface area contributed by atoms with Crippen LogP contribution in [0, 0.1) is 0 Å². The molecule has 0 saturated carbocycles. The standard InChI is InChI=1S/C17H23N7S3/c1-11(21-23-16(25)18-2)12(22-24-17(26)19-3)8-6-10-15-20-13-7-4-5-9-14(13)27-15/h4-5,7,9H,6,8,10H2,1-3H3,(H2,18,23,25)(H2,19,24,26)/b21-11+,22-12+. The van der Waals surface area contributed by atoms with E-state index in [4.69, 9.17) is 24.4 Å². The minimum absolute atomic E-state index is 0.446. The van der Waals surface area contributed by atoms with Crippen molar-refractivity contribution in [1.82, 2.24) is 26.5 Å². The molecule has 0 aliphatic heterocycles. The Labute approximate surface area is 173 Å². The number of hydrogen-bond donors (Lipinski definition) is 4. The fourth-order valence-corrected chi connectivity index (χ4v) is 3.28. The van der Waals surface area contributed by atoms with Crippen molar-refractivity contribution >= 4 is 67.6 Å². The highest BCUT2D eigenvalue weighted by Gasteiger charge is 2.08. The molecule has 1 heterocycles. The molecule has 0 amide bonds. The summed E-state index contributed by atoms with van der Waals surface area (Å²) in [7, 11) is 3.48. The Morgan fingerprint density at radius 3 is 2.41 bits per heavy atom. The zero-order valence-electron chi connectivity index (χ0n) is 15.5. The lowest BCUT2D eigenvalue weighted by Crippen LogP contribution is -2.32. The number of nitrogens with one attached hydrogen (secondary N) is 4. The van der Waals surface area contributed by atoms with Crippen LogP contribution in [-0.4, -0.2) is 40.7 Å². The van der Waals surface area contributed by atoms with E-state index in [1.54, 1.807) is 25.4 Å². The molecule has 0 spiro atoms. The topological polar surface area (TPSA) is 85.7 Å². The van der Waals surface area contributed by atoms with E-state index < -0.39 is 0 Å². The van der Waals surface area contributed by atoms with Gasteiger partial charge in [0.05, 0.1) is 26.6 Å². The lowest BCUT2D eigenvalue weighted by atomic mass is 10.1. The highest BCUT2D eigenvalue weighted by molar-refractivity contribution is 7.80. The SMILES string of the molecule is CNC(=S)N/N=C(C)/C(CCCc1nc2ccccc2s1)=N/NC(=S)NC. The van der Waals surface area contributed by atoms with Crippen LogP contribution >= 0.6 is 35.8 Å². The number of thiocarbonyl (C=S) groups is 2. The van der Waals surface area contributed by atoms with Gasteiger partial charge >= 0.3 is 0 Å². The highest BCUT2D eigenvalue weighted by Crippen LogP contribution is 2.22. The molecular formula is C17H23N7S3. The molecule has 10 heteroatoms. The third-order valence-corrected chi connectivity index (χ3v) is 5.32. The summed E-state index contributed by atoms with van der Waals surface area (Å²) in [6.45, 7) is 1.88. The molecule has 0 fully saturated rings. The van der Waals surface area contributed by atoms with Crippen LogP contribution < -0.4 is 21.5 Å². The predicted molar refractivity (Wildman–Crippen MR) is 123 cm³/mol. The van der Waals surface area contributed by atoms with Crippen molar-refractivity contribution in [2.24, 2.45) is 10.2 Å². The second-order valence-corrected chi connectivity index (χ2v) is 7.50. The molecule has 2 aromatic rings. The van der Waals surface area contributed by atoms with E-state index in [9.17, 15) is 0 Å². The van der Waals surface area contributed by atoms with Crippen molar-refractivity contribution in [2.75, 3.05) is 14.1 Å². The number of rotatable bonds is 7. The number of aryl methyl sites for hydroxylation is 1. The number of hydrogen-bond acceptors (Lipinski definition) is 6. The summed E-state index contributed by atoms with van der Waals surface area (Å²) in [5, 5.41) is 16.3. The summed E-state index contributed by atoms with van der Waals surface area (Å²) in [4.78, 5) is 4.68. The minimum Gasteiger partial charge on any atom is -0.364 e. The number of hydrazone groups is 2. The van der Waals surface area contributed by atoms with Crippen molar-refractivity contribution in [3.8, 4) is 0 Å². The zero-order valence-corrected chi connectivity index (χ0v) is 17.9. The summed E-state index contributed by atoms with van der Waals surface area (Å²) in [5.74, 6) is 0. The Balaban J connectivity index is 2.01. The number of benzene rings is 1. The average molecular weight is 422 g/mol. The molecule has 0 bridgehead atoms. The number of para-hydroxylation sites is 1. The predicted octanol–water partition coefficient (Wildman–Crippen LogP) is 2.54. The third-order valence-electron chi connectivity index (χ3n) is 3.63. The quantitative estimate of drug-likeness (QED) is 0.310. The van der Waals surface area contributed by atoms with Gasteiger partial charge in [-0.2, -0.15) is 10.2 Å². The summed E-state index contributed by atoms with van der Waals surface area (Å²) >= 11 is 11.9. The van der Waals surface area contributed by atoms with E-state index in [1.807, 2.05) is 25.1 Å². The largest absolute Gasteiger partial charge is 0.364 e. The van der Waals surface area contributed by atoms with Gasteiger partial charge in [-0.25, -0.2) is 4.98 Å². The van der Waals surface area contributed by atoms with Gasteiger partial charge < -0.3 is 10.6 Å². The fourth-order valence-electron chi connectivity index (χ4n) is 2.18. The van der Waals surface area contributed by atoms with Gasteiger partial charge in [0.15, 0.2) is 10.2 Å². The Hall–Kier alpha value is -2.17. The molecule has 7 nitrogen and oxygen atoms in total. The van der Waals surface area contributed by atoms with Crippen molar-refractivity contribution in [1.29, 1.82) is 0 Å². The Morgan fingerprint density at radius 1 is 1.07 bits per heavy atom. The van der Waals surface area contributed by atoms with Gasteiger partial charge in [0, 0.05) is 14.1 Å². The van der Waals surface area contributed by atoms with Gasteiger partial charge in [-0.05, 0) is 62.8 Å². The lowest BCUT2D eigenvalue weighted by molar-refractivity contribution is 0.851. The molecule has 0 radical (unpaired) electrons. The Bertz CT molecular complexity index is 824. The summed E-state index contributed by atoms with van der Waals surface area (Å²) < 4.78 is 1.21. The number of thiazole rings is 1. The van der Waals surface area contributed by atoms with Gasteiger partial charge in [0.2, 0.25) is 0 Å². The molecule has 1 aromatic carbocycles. The van der Waals surface area contributed by atoms with Gasteiger partial charge in [0.1, 0.15) is 0 Å². The molecule has 1 aromatic heterocycles. The van der Waals surface area contributed by atoms with Crippen molar-refractivity contribution < 1.29 is 0 Å². The second kappa shape index (κ2) is 10.9. The zero-order chi connectivity index (χ0) is 19.6. The molecule has 2 rings (SSSR count). The molecule has 27 heavy (non-hydrogen) atoms. The number of aromatic nitrogens is 1. The van der Waals surface area contributed by atoms with Crippen LogP contribution in [0.2, 0.25) is 0 Å². The van der Waals surface area contributed by atoms with Crippen molar-refractivity contribution in [2.45, 2.75) is 26.2 Å². The van der Waals surface area contributed by atoms with E-state index in [0.717, 1.165) is 41.2 Å². The molecule has 144 valence electrons. The first-order valence-corrected chi connectivity index (χ1v) is 10.1. The van der Waals surface area contributed by atoms with Gasteiger partial charge in [-0.15, -0.1) is 11.3 Å². The first kappa shape index (κ1) is 21.1. The Kier molecular flexibility index (Phi) is 8.49. The van der Waals surface area contributed by atoms with E-state index in [1.165, 1.54) is 4.70 Å². The van der Waals surface area contributed by atoms with E-state index in [0.29, 0.717) is 10.2 Å². The molecule has 0 atom stereocenters. The lowest BCUT2D eigenvalue weighted by Gasteiger charge is -2.09. The highest BCUT2D eigenvalue weighted by atomic mass is 32.1. The van der Waals surface area contributed by atoms with E-state index in [2.05, 4.69) is 42.7 Å². The van der Waals surface area contributed by atoms with Crippen molar-refractivity contribution in [3.05, 3.63) is 29.3 Å². The number of nitrogens with zero attached hydrogens (tertiary/aromatic N) is 3. The van der Waals surface area contributed by atoms with Crippen LogP contribution in [0.3, 0.4) is 0 Å². The molecule has 0 aliphatic carbocycles. The minimum atomic E-state index is 0.446. The summed E-state index contributed by atoms with van der Waals surface area (Å²) in [6, 6.07) is 8.18. The van der Waals surface area contributed by atoms with E-state index in [-0.39, 0.29) is 0 Å². The molecular weight excluding hydrogens is 398 g/mol. The van der Waals surface area contributed by atoms with Crippen LogP contribution in [0.4, 0.5) is 0 Å². The van der Waals surface area contributed by atoms with Crippen LogP contribution in [0.5, 0.6) is 0 Å². The first-order chi connectivity index (χ1) is 13.0.